The number of methoxy groups -OCH3 is 2. The van der Waals surface area contributed by atoms with Crippen LogP contribution in [0.4, 0.5) is 0 Å². The van der Waals surface area contributed by atoms with Crippen LogP contribution in [0.5, 0.6) is 5.75 Å². The second kappa shape index (κ2) is 7.29. The SMILES string of the molecule is COc1ccccc1[C@@H](CNC(=O)C1CCCC1)OC. The quantitative estimate of drug-likeness (QED) is 0.869. The zero-order chi connectivity index (χ0) is 14.4. The summed E-state index contributed by atoms with van der Waals surface area (Å²) in [6.07, 6.45) is 4.17. The van der Waals surface area contributed by atoms with Gasteiger partial charge in [-0.25, -0.2) is 0 Å². The minimum atomic E-state index is -0.184. The maximum atomic E-state index is 12.1. The molecule has 1 fully saturated rings. The van der Waals surface area contributed by atoms with Crippen molar-refractivity contribution in [2.45, 2.75) is 31.8 Å². The van der Waals surface area contributed by atoms with Crippen LogP contribution in [0.3, 0.4) is 0 Å². The van der Waals surface area contributed by atoms with Crippen LogP contribution in [0.2, 0.25) is 0 Å². The summed E-state index contributed by atoms with van der Waals surface area (Å²) in [5.41, 5.74) is 0.962. The van der Waals surface area contributed by atoms with Crippen molar-refractivity contribution in [3.05, 3.63) is 29.8 Å². The van der Waals surface area contributed by atoms with E-state index in [1.807, 2.05) is 24.3 Å². The molecule has 1 aromatic rings. The molecular formula is C16H23NO3. The van der Waals surface area contributed by atoms with Gasteiger partial charge in [-0.2, -0.15) is 0 Å². The summed E-state index contributed by atoms with van der Waals surface area (Å²) in [7, 11) is 3.29. The molecule has 1 aliphatic rings. The van der Waals surface area contributed by atoms with Crippen molar-refractivity contribution in [1.29, 1.82) is 0 Å². The summed E-state index contributed by atoms with van der Waals surface area (Å²) < 4.78 is 10.8. The Kier molecular flexibility index (Phi) is 5.41. The molecule has 1 aromatic carbocycles. The molecule has 1 saturated carbocycles. The molecule has 1 aliphatic carbocycles. The minimum absolute atomic E-state index is 0.152. The monoisotopic (exact) mass is 277 g/mol. The first kappa shape index (κ1) is 14.9. The number of benzene rings is 1. The highest BCUT2D eigenvalue weighted by atomic mass is 16.5. The van der Waals surface area contributed by atoms with Crippen molar-refractivity contribution in [2.75, 3.05) is 20.8 Å². The first-order valence-electron chi connectivity index (χ1n) is 7.19. The molecule has 0 radical (unpaired) electrons. The molecule has 1 atom stereocenters. The molecule has 0 spiro atoms. The number of carbonyl (C=O) groups excluding carboxylic acids is 1. The Morgan fingerprint density at radius 3 is 2.65 bits per heavy atom. The van der Waals surface area contributed by atoms with E-state index in [1.54, 1.807) is 14.2 Å². The molecule has 1 amide bonds. The summed E-state index contributed by atoms with van der Waals surface area (Å²) in [4.78, 5) is 12.1. The highest BCUT2D eigenvalue weighted by Gasteiger charge is 2.24. The third-order valence-electron chi connectivity index (χ3n) is 3.96. The first-order valence-corrected chi connectivity index (χ1v) is 7.19. The van der Waals surface area contributed by atoms with Crippen LogP contribution in [-0.4, -0.2) is 26.7 Å². The average molecular weight is 277 g/mol. The molecule has 0 unspecified atom stereocenters. The summed E-state index contributed by atoms with van der Waals surface area (Å²) in [6, 6.07) is 7.74. The van der Waals surface area contributed by atoms with Crippen molar-refractivity contribution in [3.8, 4) is 5.75 Å². The standard InChI is InChI=1S/C16H23NO3/c1-19-14-10-6-5-9-13(14)15(20-2)11-17-16(18)12-7-3-4-8-12/h5-6,9-10,12,15H,3-4,7-8,11H2,1-2H3,(H,17,18)/t15-/m1/s1. The van der Waals surface area contributed by atoms with E-state index >= 15 is 0 Å². The number of amides is 1. The fraction of sp³-hybridized carbons (Fsp3) is 0.562. The number of ether oxygens (including phenoxy) is 2. The van der Waals surface area contributed by atoms with E-state index in [-0.39, 0.29) is 17.9 Å². The zero-order valence-corrected chi connectivity index (χ0v) is 12.2. The van der Waals surface area contributed by atoms with Crippen molar-refractivity contribution in [1.82, 2.24) is 5.32 Å². The van der Waals surface area contributed by atoms with Gasteiger partial charge in [-0.3, -0.25) is 4.79 Å². The average Bonchev–Trinajstić information content (AvgIpc) is 3.02. The Morgan fingerprint density at radius 1 is 1.30 bits per heavy atom. The second-order valence-corrected chi connectivity index (χ2v) is 5.19. The summed E-state index contributed by atoms with van der Waals surface area (Å²) in [5.74, 6) is 1.12. The van der Waals surface area contributed by atoms with Crippen LogP contribution >= 0.6 is 0 Å². The fourth-order valence-electron chi connectivity index (χ4n) is 2.78. The van der Waals surface area contributed by atoms with E-state index in [0.717, 1.165) is 37.0 Å². The Bertz CT molecular complexity index is 441. The molecule has 1 N–H and O–H groups in total. The summed E-state index contributed by atoms with van der Waals surface area (Å²) in [6.45, 7) is 0.478. The number of nitrogens with one attached hydrogen (secondary N) is 1. The van der Waals surface area contributed by atoms with Gasteiger partial charge in [0.15, 0.2) is 0 Å². The van der Waals surface area contributed by atoms with Crippen LogP contribution in [0.1, 0.15) is 37.4 Å². The van der Waals surface area contributed by atoms with Crippen molar-refractivity contribution in [2.24, 2.45) is 5.92 Å². The van der Waals surface area contributed by atoms with Crippen LogP contribution in [0.15, 0.2) is 24.3 Å². The van der Waals surface area contributed by atoms with E-state index in [0.29, 0.717) is 6.54 Å². The molecule has 0 saturated heterocycles. The van der Waals surface area contributed by atoms with E-state index in [2.05, 4.69) is 5.32 Å². The molecule has 4 heteroatoms. The Balaban J connectivity index is 1.96. The van der Waals surface area contributed by atoms with Gasteiger partial charge in [0.25, 0.3) is 0 Å². The van der Waals surface area contributed by atoms with Crippen LogP contribution in [0, 0.1) is 5.92 Å². The lowest BCUT2D eigenvalue weighted by Gasteiger charge is -2.20. The van der Waals surface area contributed by atoms with E-state index < -0.39 is 0 Å². The lowest BCUT2D eigenvalue weighted by Crippen LogP contribution is -2.33. The predicted octanol–water partition coefficient (Wildman–Crippen LogP) is 2.69. The number of hydrogen-bond acceptors (Lipinski definition) is 3. The van der Waals surface area contributed by atoms with Gasteiger partial charge in [0.1, 0.15) is 11.9 Å². The predicted molar refractivity (Wildman–Crippen MR) is 77.7 cm³/mol. The summed E-state index contributed by atoms with van der Waals surface area (Å²) in [5, 5.41) is 3.01. The fourth-order valence-corrected chi connectivity index (χ4v) is 2.78. The maximum Gasteiger partial charge on any atom is 0.223 e. The molecular weight excluding hydrogens is 254 g/mol. The number of para-hydroxylation sites is 1. The van der Waals surface area contributed by atoms with Crippen molar-refractivity contribution in [3.63, 3.8) is 0 Å². The highest BCUT2D eigenvalue weighted by Crippen LogP contribution is 2.27. The van der Waals surface area contributed by atoms with E-state index in [9.17, 15) is 4.79 Å². The molecule has 0 aliphatic heterocycles. The second-order valence-electron chi connectivity index (χ2n) is 5.19. The van der Waals surface area contributed by atoms with Gasteiger partial charge >= 0.3 is 0 Å². The molecule has 0 bridgehead atoms. The summed E-state index contributed by atoms with van der Waals surface area (Å²) >= 11 is 0. The van der Waals surface area contributed by atoms with Crippen LogP contribution in [-0.2, 0) is 9.53 Å². The van der Waals surface area contributed by atoms with E-state index in [1.165, 1.54) is 0 Å². The number of rotatable bonds is 6. The van der Waals surface area contributed by atoms with Crippen LogP contribution in [0.25, 0.3) is 0 Å². The van der Waals surface area contributed by atoms with Gasteiger partial charge in [0, 0.05) is 25.1 Å². The van der Waals surface area contributed by atoms with Gasteiger partial charge in [-0.05, 0) is 18.9 Å². The minimum Gasteiger partial charge on any atom is -0.496 e. The number of carbonyl (C=O) groups is 1. The topological polar surface area (TPSA) is 47.6 Å². The maximum absolute atomic E-state index is 12.1. The molecule has 0 heterocycles. The number of hydrogen-bond donors (Lipinski definition) is 1. The first-order chi connectivity index (χ1) is 9.76. The van der Waals surface area contributed by atoms with E-state index in [4.69, 9.17) is 9.47 Å². The molecule has 20 heavy (non-hydrogen) atoms. The molecule has 110 valence electrons. The Labute approximate surface area is 120 Å². The van der Waals surface area contributed by atoms with Gasteiger partial charge in [0.2, 0.25) is 5.91 Å². The molecule has 4 nitrogen and oxygen atoms in total. The zero-order valence-electron chi connectivity index (χ0n) is 12.2. The van der Waals surface area contributed by atoms with Gasteiger partial charge in [0.05, 0.1) is 7.11 Å². The lowest BCUT2D eigenvalue weighted by atomic mass is 10.1. The Morgan fingerprint density at radius 2 is 2.00 bits per heavy atom. The smallest absolute Gasteiger partial charge is 0.223 e. The third-order valence-corrected chi connectivity index (χ3v) is 3.96. The Hall–Kier alpha value is -1.55. The molecule has 2 rings (SSSR count). The van der Waals surface area contributed by atoms with Gasteiger partial charge < -0.3 is 14.8 Å². The lowest BCUT2D eigenvalue weighted by molar-refractivity contribution is -0.125. The largest absolute Gasteiger partial charge is 0.496 e. The highest BCUT2D eigenvalue weighted by molar-refractivity contribution is 5.78. The normalized spacial score (nSPS) is 16.9. The van der Waals surface area contributed by atoms with Crippen molar-refractivity contribution >= 4 is 5.91 Å². The third kappa shape index (κ3) is 3.51. The van der Waals surface area contributed by atoms with Crippen molar-refractivity contribution < 1.29 is 14.3 Å². The van der Waals surface area contributed by atoms with Crippen LogP contribution < -0.4 is 10.1 Å². The molecule has 0 aromatic heterocycles. The van der Waals surface area contributed by atoms with Gasteiger partial charge in [-0.15, -0.1) is 0 Å². The van der Waals surface area contributed by atoms with Gasteiger partial charge in [-0.1, -0.05) is 31.0 Å².